The molecule has 2 aromatic carbocycles. The van der Waals surface area contributed by atoms with E-state index in [0.29, 0.717) is 5.92 Å². The van der Waals surface area contributed by atoms with Crippen molar-refractivity contribution in [3.8, 4) is 0 Å². The molecule has 1 aliphatic rings. The summed E-state index contributed by atoms with van der Waals surface area (Å²) in [6.07, 6.45) is 0. The third kappa shape index (κ3) is 4.10. The van der Waals surface area contributed by atoms with Gasteiger partial charge in [-0.2, -0.15) is 5.21 Å². The summed E-state index contributed by atoms with van der Waals surface area (Å²) in [5, 5.41) is 15.6. The molecule has 2 unspecified atom stereocenters. The van der Waals surface area contributed by atoms with Crippen LogP contribution >= 0.6 is 0 Å². The molecule has 6 nitrogen and oxygen atoms in total. The van der Waals surface area contributed by atoms with Crippen molar-refractivity contribution in [1.29, 1.82) is 0 Å². The molecule has 4 rings (SSSR count). The van der Waals surface area contributed by atoms with E-state index in [9.17, 15) is 0 Å². The zero-order chi connectivity index (χ0) is 16.9. The highest BCUT2D eigenvalue weighted by molar-refractivity contribution is 5.14. The summed E-state index contributed by atoms with van der Waals surface area (Å²) in [6.45, 7) is 5.21. The van der Waals surface area contributed by atoms with E-state index >= 15 is 0 Å². The molecule has 0 radical (unpaired) electrons. The molecule has 2 N–H and O–H groups in total. The van der Waals surface area contributed by atoms with Gasteiger partial charge >= 0.3 is 0 Å². The number of benzene rings is 2. The molecule has 1 aliphatic heterocycles. The van der Waals surface area contributed by atoms with Crippen molar-refractivity contribution in [3.05, 3.63) is 77.6 Å². The standard InChI is InChI=1S/C19H21N6/c1-3-7-16(8-4-1)11-24-13-18(19-20-22-23-21-19)14-25(15-24)12-17-9-5-2-6-10-17/h1-10,18H,11-15H2/q-1/p+2. The molecule has 1 fully saturated rings. The van der Waals surface area contributed by atoms with Crippen LogP contribution in [-0.4, -0.2) is 35.3 Å². The van der Waals surface area contributed by atoms with Crippen molar-refractivity contribution in [2.75, 3.05) is 19.8 Å². The molecule has 0 saturated carbocycles. The summed E-state index contributed by atoms with van der Waals surface area (Å²) in [4.78, 5) is 3.11. The van der Waals surface area contributed by atoms with Crippen LogP contribution in [0.4, 0.5) is 0 Å². The van der Waals surface area contributed by atoms with Crippen LogP contribution in [0.1, 0.15) is 22.9 Å². The molecule has 0 spiro atoms. The van der Waals surface area contributed by atoms with Crippen LogP contribution in [0.25, 0.3) is 0 Å². The quantitative estimate of drug-likeness (QED) is 0.631. The summed E-state index contributed by atoms with van der Waals surface area (Å²) < 4.78 is 0. The van der Waals surface area contributed by atoms with Crippen molar-refractivity contribution >= 4 is 0 Å². The van der Waals surface area contributed by atoms with Crippen LogP contribution in [-0.2, 0) is 13.1 Å². The van der Waals surface area contributed by atoms with E-state index in [1.165, 1.54) is 11.1 Å². The Bertz CT molecular complexity index is 710. The number of nitrogens with one attached hydrogen (secondary N) is 2. The molecule has 128 valence electrons. The number of quaternary nitrogens is 2. The maximum Gasteiger partial charge on any atom is 0.204 e. The monoisotopic (exact) mass is 335 g/mol. The molecule has 0 amide bonds. The number of hydrogen-bond acceptors (Lipinski definition) is 3. The lowest BCUT2D eigenvalue weighted by Gasteiger charge is -2.35. The first-order valence-electron chi connectivity index (χ1n) is 8.80. The molecule has 3 aromatic rings. The predicted octanol–water partition coefficient (Wildman–Crippen LogP) is -0.946. The first-order chi connectivity index (χ1) is 12.4. The van der Waals surface area contributed by atoms with Crippen LogP contribution < -0.4 is 14.9 Å². The topological polar surface area (TPSA) is 61.6 Å². The molecule has 1 saturated heterocycles. The van der Waals surface area contributed by atoms with Gasteiger partial charge in [-0.1, -0.05) is 60.7 Å². The van der Waals surface area contributed by atoms with Crippen molar-refractivity contribution in [2.45, 2.75) is 19.0 Å². The van der Waals surface area contributed by atoms with E-state index in [0.717, 1.165) is 38.7 Å². The van der Waals surface area contributed by atoms with Crippen molar-refractivity contribution < 1.29 is 9.80 Å². The van der Waals surface area contributed by atoms with Crippen LogP contribution in [0.15, 0.2) is 60.7 Å². The molecule has 6 heteroatoms. The number of tetrazole rings is 1. The Morgan fingerprint density at radius 1 is 0.840 bits per heavy atom. The van der Waals surface area contributed by atoms with Crippen LogP contribution in [0.3, 0.4) is 0 Å². The van der Waals surface area contributed by atoms with Gasteiger partial charge in [0.25, 0.3) is 0 Å². The molecule has 2 atom stereocenters. The highest BCUT2D eigenvalue weighted by Crippen LogP contribution is 2.06. The minimum Gasteiger partial charge on any atom is -0.335 e. The van der Waals surface area contributed by atoms with E-state index in [2.05, 4.69) is 81.3 Å². The molecule has 2 heterocycles. The van der Waals surface area contributed by atoms with Crippen LogP contribution in [0.2, 0.25) is 0 Å². The zero-order valence-corrected chi connectivity index (χ0v) is 14.2. The Morgan fingerprint density at radius 3 is 1.88 bits per heavy atom. The summed E-state index contributed by atoms with van der Waals surface area (Å²) in [5.41, 5.74) is 2.74. The van der Waals surface area contributed by atoms with Crippen molar-refractivity contribution in [1.82, 2.24) is 20.6 Å². The number of hydrogen-bond donors (Lipinski definition) is 2. The van der Waals surface area contributed by atoms with Crippen LogP contribution in [0.5, 0.6) is 0 Å². The number of rotatable bonds is 5. The normalized spacial score (nSPS) is 23.4. The summed E-state index contributed by atoms with van der Waals surface area (Å²) in [6, 6.07) is 21.4. The average molecular weight is 335 g/mol. The van der Waals surface area contributed by atoms with E-state index in [1.54, 1.807) is 9.80 Å². The fourth-order valence-electron chi connectivity index (χ4n) is 3.80. The number of nitrogens with zero attached hydrogens (tertiary/aromatic N) is 4. The van der Waals surface area contributed by atoms with Gasteiger partial charge in [-0.25, -0.2) is 0 Å². The largest absolute Gasteiger partial charge is 0.335 e. The minimum absolute atomic E-state index is 0.307. The Morgan fingerprint density at radius 2 is 1.40 bits per heavy atom. The smallest absolute Gasteiger partial charge is 0.204 e. The third-order valence-corrected chi connectivity index (χ3v) is 4.86. The first kappa shape index (κ1) is 15.9. The lowest BCUT2D eigenvalue weighted by molar-refractivity contribution is -1.12. The summed E-state index contributed by atoms with van der Waals surface area (Å²) in [7, 11) is 0. The highest BCUT2D eigenvalue weighted by atomic mass is 15.5. The second kappa shape index (κ2) is 7.55. The molecule has 1 aromatic heterocycles. The average Bonchev–Trinajstić information content (AvgIpc) is 3.18. The van der Waals surface area contributed by atoms with E-state index in [1.807, 2.05) is 0 Å². The van der Waals surface area contributed by atoms with Gasteiger partial charge in [0.2, 0.25) is 6.67 Å². The van der Waals surface area contributed by atoms with E-state index in [4.69, 9.17) is 0 Å². The second-order valence-corrected chi connectivity index (χ2v) is 6.84. The predicted molar refractivity (Wildman–Crippen MR) is 92.7 cm³/mol. The maximum absolute atomic E-state index is 4.12. The molecule has 0 bridgehead atoms. The first-order valence-corrected chi connectivity index (χ1v) is 8.80. The van der Waals surface area contributed by atoms with Gasteiger partial charge < -0.3 is 5.10 Å². The van der Waals surface area contributed by atoms with E-state index < -0.39 is 0 Å². The minimum atomic E-state index is 0.307. The Balaban J connectivity index is 1.50. The zero-order valence-electron chi connectivity index (χ0n) is 14.2. The number of aromatic nitrogens is 4. The Kier molecular flexibility index (Phi) is 4.81. The second-order valence-electron chi connectivity index (χ2n) is 6.84. The molecule has 25 heavy (non-hydrogen) atoms. The molecular weight excluding hydrogens is 312 g/mol. The van der Waals surface area contributed by atoms with Gasteiger partial charge in [-0.05, 0) is 0 Å². The maximum atomic E-state index is 4.12. The van der Waals surface area contributed by atoms with Gasteiger partial charge in [0, 0.05) is 17.0 Å². The van der Waals surface area contributed by atoms with Crippen LogP contribution in [0, 0.1) is 0 Å². The lowest BCUT2D eigenvalue weighted by atomic mass is 10.0. The summed E-state index contributed by atoms with van der Waals surface area (Å²) in [5.74, 6) is 1.09. The highest BCUT2D eigenvalue weighted by Gasteiger charge is 2.32. The lowest BCUT2D eigenvalue weighted by Crippen LogP contribution is -3.33. The van der Waals surface area contributed by atoms with Gasteiger partial charge in [-0.3, -0.25) is 20.1 Å². The van der Waals surface area contributed by atoms with Crippen molar-refractivity contribution in [3.63, 3.8) is 0 Å². The van der Waals surface area contributed by atoms with E-state index in [-0.39, 0.29) is 0 Å². The van der Waals surface area contributed by atoms with Gasteiger partial charge in [0.15, 0.2) is 0 Å². The Labute approximate surface area is 147 Å². The SMILES string of the molecule is c1ccc(C[NH+]2CC(c3nnn[n-]3)C[NH+](Cc3ccccc3)C2)cc1. The van der Waals surface area contributed by atoms with Gasteiger partial charge in [0.1, 0.15) is 13.1 Å². The van der Waals surface area contributed by atoms with Gasteiger partial charge in [-0.15, -0.1) is 0 Å². The third-order valence-electron chi connectivity index (χ3n) is 4.86. The van der Waals surface area contributed by atoms with Crippen molar-refractivity contribution in [2.24, 2.45) is 0 Å². The molecular formula is C19H23N6+. The Hall–Kier alpha value is -2.57. The van der Waals surface area contributed by atoms with Gasteiger partial charge in [0.05, 0.1) is 19.0 Å². The fourth-order valence-corrected chi connectivity index (χ4v) is 3.80. The molecule has 0 aliphatic carbocycles. The fraction of sp³-hybridized carbons (Fsp3) is 0.316. The summed E-state index contributed by atoms with van der Waals surface area (Å²) >= 11 is 0.